The van der Waals surface area contributed by atoms with Gasteiger partial charge in [0, 0.05) is 141 Å². The minimum absolute atomic E-state index is 0.112. The number of ether oxygens (including phenoxy) is 1. The van der Waals surface area contributed by atoms with Gasteiger partial charge in [0.25, 0.3) is 23.6 Å². The zero-order valence-electron chi connectivity index (χ0n) is 79.5. The summed E-state index contributed by atoms with van der Waals surface area (Å²) >= 11 is 6.64. The van der Waals surface area contributed by atoms with E-state index in [2.05, 4.69) is 262 Å². The lowest BCUT2D eigenvalue weighted by molar-refractivity contribution is -0.114. The van der Waals surface area contributed by atoms with Gasteiger partial charge in [-0.3, -0.25) is 44.4 Å². The van der Waals surface area contributed by atoms with E-state index in [1.807, 2.05) is 64.4 Å². The zero-order chi connectivity index (χ0) is 96.4. The number of oxazole rings is 1. The predicted octanol–water partition coefficient (Wildman–Crippen LogP) is 15.1. The summed E-state index contributed by atoms with van der Waals surface area (Å²) in [7, 11) is 2.13. The average Bonchev–Trinajstić information content (AvgIpc) is 1.73. The smallest absolute Gasteiger partial charge is 0.320 e. The normalized spacial score (nSPS) is 13.2. The maximum atomic E-state index is 12.8. The van der Waals surface area contributed by atoms with Crippen LogP contribution in [0.25, 0.3) is 11.3 Å². The molecule has 135 heavy (non-hydrogen) atoms. The molecule has 0 atom stereocenters. The topological polar surface area (TPSA) is 433 Å². The lowest BCUT2D eigenvalue weighted by atomic mass is 10.0. The predicted molar refractivity (Wildman–Crippen MR) is 533 cm³/mol. The highest BCUT2D eigenvalue weighted by molar-refractivity contribution is 6.33. The van der Waals surface area contributed by atoms with Crippen molar-refractivity contribution in [2.24, 2.45) is 22.9 Å². The summed E-state index contributed by atoms with van der Waals surface area (Å²) in [5, 5.41) is 45.7. The molecule has 0 spiro atoms. The molecular weight excluding hydrogens is 1720 g/mol. The highest BCUT2D eigenvalue weighted by atomic mass is 35.5. The number of aryl methyl sites for hydroxylation is 8. The number of aromatic nitrogens is 9. The standard InChI is InChI=1S/C30H39N7O3.C26H33ClN6O.C24H25N5O2.C23H27N5O2/c1-20-16-24(17-21(2)22(20)3)19-32-29-27(28(31)38)26(33-34-29)18-23-4-6-25(7-5-23)35-8-10-36(11-9-35)30(39)37-12-14-40-15-13-37;1-16-11-20(12-17(2)18(16)3)15-29-26-24(25(28)34)22(30-31-26)14-19-5-6-23(21(27)13-19)33-9-7-32(4)8-10-33;1-14-8-18(9-15(2)16(14)3)11-27-24-22(23(25)30)20(28-29-24)10-17-4-6-19(7-5-17)21-12-26-13-31-21;1-13-8-18(9-14(2)15(13)3)12-25-23-21(22(24)30)20(27-28-23)11-17-6-5-7-19(10-17)26-16(4)29/h4-7,16-17H,8-15,18-19H2,1-3H3,(H2,31,38)(H2,32,33,34);5-6,11-13H,7-10,14-15H2,1-4H3,(H2,28,34)(H2,29,30,31);4-9,12-13H,10-11H2,1-3H3,(H2,25,30)(H2,27,28,29);5-10H,11-12H2,1-4H3,(H2,24,30)(H,26,29)(H2,25,27,28). The van der Waals surface area contributed by atoms with Crippen LogP contribution in [0.5, 0.6) is 0 Å². The fraction of sp³-hybridized carbons (Fsp3) is 0.330. The number of halogens is 1. The Kier molecular flexibility index (Phi) is 32.5. The van der Waals surface area contributed by atoms with E-state index in [9.17, 15) is 28.8 Å². The molecule has 3 saturated heterocycles. The number of carbonyl (C=O) groups is 6. The summed E-state index contributed by atoms with van der Waals surface area (Å²) in [6.07, 6.45) is 5.01. The van der Waals surface area contributed by atoms with E-state index in [-0.39, 0.29) is 11.9 Å². The fourth-order valence-corrected chi connectivity index (χ4v) is 17.4. The van der Waals surface area contributed by atoms with E-state index in [0.29, 0.717) is 176 Å². The minimum atomic E-state index is -0.546. The Morgan fingerprint density at radius 1 is 0.400 bits per heavy atom. The van der Waals surface area contributed by atoms with Crippen molar-refractivity contribution in [1.82, 2.24) is 60.5 Å². The van der Waals surface area contributed by atoms with Crippen LogP contribution in [-0.4, -0.2) is 182 Å². The van der Waals surface area contributed by atoms with Crippen LogP contribution in [0.3, 0.4) is 0 Å². The van der Waals surface area contributed by atoms with Crippen LogP contribution in [0.15, 0.2) is 157 Å². The molecule has 706 valence electrons. The third-order valence-electron chi connectivity index (χ3n) is 25.6. The van der Waals surface area contributed by atoms with Crippen LogP contribution in [0.1, 0.15) is 182 Å². The van der Waals surface area contributed by atoms with E-state index < -0.39 is 23.6 Å². The Labute approximate surface area is 793 Å². The summed E-state index contributed by atoms with van der Waals surface area (Å²) in [4.78, 5) is 87.7. The summed E-state index contributed by atoms with van der Waals surface area (Å²) in [6, 6.07) is 47.0. The van der Waals surface area contributed by atoms with Gasteiger partial charge in [0.05, 0.1) is 52.9 Å². The Hall–Kier alpha value is -14.6. The van der Waals surface area contributed by atoms with Crippen molar-refractivity contribution in [1.29, 1.82) is 0 Å². The highest BCUT2D eigenvalue weighted by Crippen LogP contribution is 2.33. The number of nitrogens with one attached hydrogen (secondary N) is 9. The van der Waals surface area contributed by atoms with E-state index in [1.54, 1.807) is 6.20 Å². The monoisotopic (exact) mass is 1850 g/mol. The molecule has 3 aliphatic heterocycles. The Morgan fingerprint density at radius 2 is 0.748 bits per heavy atom. The van der Waals surface area contributed by atoms with Gasteiger partial charge in [-0.05, 0) is 238 Å². The zero-order valence-corrected chi connectivity index (χ0v) is 80.3. The number of hydrogen-bond donors (Lipinski definition) is 13. The number of urea groups is 1. The van der Waals surface area contributed by atoms with Crippen molar-refractivity contribution in [2.75, 3.05) is 122 Å². The van der Waals surface area contributed by atoms with Crippen molar-refractivity contribution >= 4 is 87.5 Å². The second kappa shape index (κ2) is 44.8. The lowest BCUT2D eigenvalue weighted by Crippen LogP contribution is -2.54. The van der Waals surface area contributed by atoms with Gasteiger partial charge in [0.1, 0.15) is 22.3 Å². The molecule has 3 aliphatic rings. The van der Waals surface area contributed by atoms with Gasteiger partial charge >= 0.3 is 6.03 Å². The third kappa shape index (κ3) is 25.2. The van der Waals surface area contributed by atoms with Crippen LogP contribution in [0.2, 0.25) is 5.02 Å². The third-order valence-corrected chi connectivity index (χ3v) is 25.9. The van der Waals surface area contributed by atoms with Gasteiger partial charge in [-0.2, -0.15) is 20.4 Å². The van der Waals surface area contributed by atoms with Gasteiger partial charge in [-0.1, -0.05) is 115 Å². The van der Waals surface area contributed by atoms with E-state index >= 15 is 0 Å². The summed E-state index contributed by atoms with van der Waals surface area (Å²) in [5.74, 6) is 0.335. The van der Waals surface area contributed by atoms with Gasteiger partial charge in [0.15, 0.2) is 35.4 Å². The number of amides is 7. The second-order valence-electron chi connectivity index (χ2n) is 35.2. The number of aromatic amines is 4. The number of primary amides is 4. The molecule has 8 aromatic carbocycles. The first-order valence-corrected chi connectivity index (χ1v) is 45.8. The summed E-state index contributed by atoms with van der Waals surface area (Å²) in [5.41, 5.74) is 54.3. The van der Waals surface area contributed by atoms with Crippen LogP contribution >= 0.6 is 11.6 Å². The van der Waals surface area contributed by atoms with Gasteiger partial charge in [-0.15, -0.1) is 0 Å². The molecule has 0 unspecified atom stereocenters. The van der Waals surface area contributed by atoms with Crippen molar-refractivity contribution < 1.29 is 37.9 Å². The molecule has 0 bridgehead atoms. The van der Waals surface area contributed by atoms with E-state index in [4.69, 9.17) is 43.7 Å². The van der Waals surface area contributed by atoms with Gasteiger partial charge < -0.3 is 83.2 Å². The fourth-order valence-electron chi connectivity index (χ4n) is 17.1. The van der Waals surface area contributed by atoms with Crippen molar-refractivity contribution in [3.8, 4) is 11.3 Å². The Balaban J connectivity index is 0.000000153. The maximum Gasteiger partial charge on any atom is 0.320 e. The number of nitrogens with zero attached hydrogens (tertiary/aromatic N) is 10. The number of morpholine rings is 1. The molecule has 8 heterocycles. The van der Waals surface area contributed by atoms with Crippen molar-refractivity contribution in [2.45, 2.75) is 142 Å². The van der Waals surface area contributed by atoms with Crippen LogP contribution in [-0.2, 0) is 61.4 Å². The summed E-state index contributed by atoms with van der Waals surface area (Å²) in [6.45, 7) is 38.4. The number of H-pyrrole nitrogens is 4. The maximum absolute atomic E-state index is 12.8. The van der Waals surface area contributed by atoms with Crippen LogP contribution < -0.4 is 59.3 Å². The molecule has 13 aromatic rings. The van der Waals surface area contributed by atoms with Crippen molar-refractivity contribution in [3.63, 3.8) is 0 Å². The number of nitrogens with two attached hydrogens (primary N) is 4. The number of piperazine rings is 2. The Morgan fingerprint density at radius 3 is 1.10 bits per heavy atom. The molecule has 7 amide bonds. The molecule has 3 fully saturated rings. The van der Waals surface area contributed by atoms with Gasteiger partial charge in [0.2, 0.25) is 5.91 Å². The first-order valence-electron chi connectivity index (χ1n) is 45.4. The molecule has 5 aromatic heterocycles. The SMILES string of the molecule is CC(=O)Nc1cccc(Cc2[nH]nc(NCc3cc(C)c(C)c(C)c3)c2C(N)=O)c1.Cc1cc(CNc2n[nH]c(Cc3ccc(-c4cnco4)cc3)c2C(N)=O)cc(C)c1C.Cc1cc(CNc2n[nH]c(Cc3ccc(N4CCN(C(=O)N5CCOCC5)CC4)cc3)c2C(N)=O)cc(C)c1C.Cc1cc(CNc2n[nH]c(Cc3ccc(N4CCN(C)CC4)c(Cl)c3)c2C(N)=O)cc(C)c1C. The molecule has 0 radical (unpaired) electrons. The molecule has 16 rings (SSSR count). The number of likely N-dealkylation sites (N-methyl/N-ethyl adjacent to an activating group) is 1. The molecule has 32 heteroatoms. The van der Waals surface area contributed by atoms with Gasteiger partial charge in [-0.25, -0.2) is 9.78 Å². The first-order chi connectivity index (χ1) is 64.7. The number of carbonyl (C=O) groups excluding carboxylic acids is 6. The van der Waals surface area contributed by atoms with Crippen LogP contribution in [0, 0.1) is 83.1 Å². The lowest BCUT2D eigenvalue weighted by Gasteiger charge is -2.39. The molecule has 17 N–H and O–H groups in total. The Bertz CT molecular complexity index is 6300. The largest absolute Gasteiger partial charge is 0.444 e. The minimum Gasteiger partial charge on any atom is -0.444 e. The van der Waals surface area contributed by atoms with E-state index in [0.717, 1.165) is 101 Å². The highest BCUT2D eigenvalue weighted by Gasteiger charge is 2.29. The number of rotatable bonds is 28. The van der Waals surface area contributed by atoms with Crippen molar-refractivity contribution in [3.05, 3.63) is 313 Å². The molecule has 0 saturated carbocycles. The quantitative estimate of drug-likeness (QED) is 0.0217. The molecule has 31 nitrogen and oxygen atoms in total. The number of anilines is 7. The molecular formula is C103H124ClN23O8. The van der Waals surface area contributed by atoms with Crippen LogP contribution in [0.4, 0.5) is 45.1 Å². The number of benzene rings is 8. The second-order valence-corrected chi connectivity index (χ2v) is 35.6. The first kappa shape index (κ1) is 98.0. The molecule has 0 aliphatic carbocycles. The van der Waals surface area contributed by atoms with E-state index in [1.165, 1.54) is 80.1 Å². The number of hydrogen-bond acceptors (Lipinski definition) is 20. The average molecular weight is 1850 g/mol. The summed E-state index contributed by atoms with van der Waals surface area (Å²) < 4.78 is 10.7.